The Hall–Kier alpha value is -4.52. The molecule has 7 heteroatoms. The first-order valence-corrected chi connectivity index (χ1v) is 14.3. The van der Waals surface area contributed by atoms with Gasteiger partial charge in [-0.3, -0.25) is 9.59 Å². The van der Waals surface area contributed by atoms with Gasteiger partial charge in [-0.25, -0.2) is 4.68 Å². The molecule has 0 bridgehead atoms. The van der Waals surface area contributed by atoms with E-state index in [9.17, 15) is 9.59 Å². The molecule has 1 N–H and O–H groups in total. The summed E-state index contributed by atoms with van der Waals surface area (Å²) in [6.45, 7) is 9.67. The molecule has 1 aromatic heterocycles. The molecule has 2 heterocycles. The van der Waals surface area contributed by atoms with Crippen LogP contribution in [0.5, 0.6) is 0 Å². The lowest BCUT2D eigenvalue weighted by molar-refractivity contribution is -0.117. The number of unbranched alkanes of at least 4 members (excludes halogenated alkanes) is 1. The molecule has 7 nitrogen and oxygen atoms in total. The molecule has 41 heavy (non-hydrogen) atoms. The summed E-state index contributed by atoms with van der Waals surface area (Å²) in [5, 5.41) is 12.1. The lowest BCUT2D eigenvalue weighted by atomic mass is 9.80. The van der Waals surface area contributed by atoms with Gasteiger partial charge in [0.25, 0.3) is 0 Å². The first kappa shape index (κ1) is 28.0. The number of nitrogens with one attached hydrogen (secondary N) is 1. The van der Waals surface area contributed by atoms with E-state index < -0.39 is 0 Å². The highest BCUT2D eigenvalue weighted by atomic mass is 16.2. The van der Waals surface area contributed by atoms with E-state index >= 15 is 0 Å². The Morgan fingerprint density at radius 1 is 1.00 bits per heavy atom. The Balaban J connectivity index is 1.50. The van der Waals surface area contributed by atoms with Crippen LogP contribution in [0.25, 0.3) is 22.4 Å². The Morgan fingerprint density at radius 2 is 1.73 bits per heavy atom. The summed E-state index contributed by atoms with van der Waals surface area (Å²) in [5.41, 5.74) is 6.62. The van der Waals surface area contributed by atoms with Crippen molar-refractivity contribution in [1.82, 2.24) is 15.0 Å². The highest BCUT2D eigenvalue weighted by molar-refractivity contribution is 5.94. The largest absolute Gasteiger partial charge is 0.326 e. The molecule has 0 spiro atoms. The Labute approximate surface area is 241 Å². The summed E-state index contributed by atoms with van der Waals surface area (Å²) >= 11 is 0. The molecule has 1 aliphatic rings. The molecule has 210 valence electrons. The monoisotopic (exact) mass is 547 g/mol. The average Bonchev–Trinajstić information content (AvgIpc) is 3.47. The maximum Gasteiger partial charge on any atom is 0.224 e. The second-order valence-corrected chi connectivity index (χ2v) is 10.7. The molecular weight excluding hydrogens is 510 g/mol. The van der Waals surface area contributed by atoms with Crippen molar-refractivity contribution in [3.63, 3.8) is 0 Å². The van der Waals surface area contributed by atoms with Gasteiger partial charge in [0, 0.05) is 47.8 Å². The summed E-state index contributed by atoms with van der Waals surface area (Å²) in [4.78, 5) is 27.1. The molecule has 2 amide bonds. The molecule has 0 radical (unpaired) electrons. The summed E-state index contributed by atoms with van der Waals surface area (Å²) in [6.07, 6.45) is 6.76. The maximum absolute atomic E-state index is 12.9. The van der Waals surface area contributed by atoms with Gasteiger partial charge in [-0.05, 0) is 54.7 Å². The smallest absolute Gasteiger partial charge is 0.224 e. The number of nitrogens with zero attached hydrogens (tertiary/aromatic N) is 4. The van der Waals surface area contributed by atoms with E-state index in [1.807, 2.05) is 76.5 Å². The fraction of sp³-hybridized carbons (Fsp3) is 0.294. The van der Waals surface area contributed by atoms with Crippen molar-refractivity contribution < 1.29 is 9.59 Å². The zero-order chi connectivity index (χ0) is 28.9. The van der Waals surface area contributed by atoms with Crippen molar-refractivity contribution in [3.8, 4) is 22.4 Å². The number of allylic oxidation sites excluding steroid dienone is 1. The normalized spacial score (nSPS) is 18.0. The van der Waals surface area contributed by atoms with Crippen molar-refractivity contribution in [2.45, 2.75) is 58.5 Å². The van der Waals surface area contributed by atoms with Crippen LogP contribution in [0, 0.1) is 5.92 Å². The molecule has 5 rings (SSSR count). The minimum atomic E-state index is -0.0930. The van der Waals surface area contributed by atoms with E-state index in [0.717, 1.165) is 58.6 Å². The van der Waals surface area contributed by atoms with Crippen molar-refractivity contribution in [2.75, 3.05) is 10.2 Å². The van der Waals surface area contributed by atoms with Gasteiger partial charge >= 0.3 is 0 Å². The van der Waals surface area contributed by atoms with E-state index in [-0.39, 0.29) is 29.8 Å². The van der Waals surface area contributed by atoms with Crippen LogP contribution in [0.4, 0.5) is 11.4 Å². The van der Waals surface area contributed by atoms with E-state index in [2.05, 4.69) is 54.3 Å². The maximum atomic E-state index is 12.9. The third-order valence-electron chi connectivity index (χ3n) is 7.98. The molecule has 0 fully saturated rings. The topological polar surface area (TPSA) is 80.1 Å². The van der Waals surface area contributed by atoms with E-state index in [4.69, 9.17) is 0 Å². The Morgan fingerprint density at radius 3 is 2.41 bits per heavy atom. The van der Waals surface area contributed by atoms with Gasteiger partial charge in [-0.2, -0.15) is 0 Å². The molecular formula is C34H37N5O2. The second kappa shape index (κ2) is 12.3. The summed E-state index contributed by atoms with van der Waals surface area (Å²) < 4.78 is 1.96. The zero-order valence-corrected chi connectivity index (χ0v) is 24.0. The minimum absolute atomic E-state index is 0.00252. The minimum Gasteiger partial charge on any atom is -0.326 e. The summed E-state index contributed by atoms with van der Waals surface area (Å²) in [7, 11) is 0. The SMILES string of the molecule is C=CCCCC(=O)Nc1ccc(-c2ccc3c(c2)[C@@H](n2cc(-c4ccccc4)nn2)[C@H](C)[C@H](CC)N3C(C)=O)cc1. The molecule has 0 aliphatic carbocycles. The number of hydrogen-bond donors (Lipinski definition) is 1. The van der Waals surface area contributed by atoms with Crippen molar-refractivity contribution >= 4 is 23.2 Å². The molecule has 4 aromatic rings. The van der Waals surface area contributed by atoms with Crippen molar-refractivity contribution in [3.05, 3.63) is 97.2 Å². The van der Waals surface area contributed by atoms with E-state index in [1.165, 1.54) is 0 Å². The standard InChI is InChI=1S/C34H37N5O2/c1-5-7-9-14-33(41)35-28-18-15-25(16-19-28)27-17-20-32-29(21-27)34(23(3)31(6-2)39(32)24(4)40)38-22-30(36-37-38)26-12-10-8-11-13-26/h5,8,10-13,15-23,31,34H,1,6-7,9,14H2,2-4H3,(H,35,41)/t23-,31+,34+/m1/s1. The number of benzene rings is 3. The molecule has 1 aliphatic heterocycles. The van der Waals surface area contributed by atoms with E-state index in [1.54, 1.807) is 6.92 Å². The molecule has 3 atom stereocenters. The first-order valence-electron chi connectivity index (χ1n) is 14.3. The average molecular weight is 548 g/mol. The van der Waals surface area contributed by atoms with Crippen molar-refractivity contribution in [2.24, 2.45) is 5.92 Å². The number of hydrogen-bond acceptors (Lipinski definition) is 4. The van der Waals surface area contributed by atoms with Gasteiger partial charge in [-0.15, -0.1) is 11.7 Å². The molecule has 0 saturated heterocycles. The van der Waals surface area contributed by atoms with Gasteiger partial charge in [0.2, 0.25) is 11.8 Å². The van der Waals surface area contributed by atoms with Crippen LogP contribution in [-0.4, -0.2) is 32.9 Å². The third-order valence-corrected chi connectivity index (χ3v) is 7.98. The number of carbonyl (C=O) groups is 2. The number of rotatable bonds is 9. The predicted molar refractivity (Wildman–Crippen MR) is 165 cm³/mol. The third kappa shape index (κ3) is 5.85. The lowest BCUT2D eigenvalue weighted by Crippen LogP contribution is -2.49. The van der Waals surface area contributed by atoms with Gasteiger partial charge in [0.15, 0.2) is 0 Å². The highest BCUT2D eigenvalue weighted by Gasteiger charge is 2.41. The molecule has 0 saturated carbocycles. The fourth-order valence-electron chi connectivity index (χ4n) is 5.97. The first-order chi connectivity index (χ1) is 19.9. The van der Waals surface area contributed by atoms with Crippen LogP contribution in [0.2, 0.25) is 0 Å². The van der Waals surface area contributed by atoms with Crippen LogP contribution in [-0.2, 0) is 9.59 Å². The fourth-order valence-corrected chi connectivity index (χ4v) is 5.97. The van der Waals surface area contributed by atoms with Crippen LogP contribution >= 0.6 is 0 Å². The summed E-state index contributed by atoms with van der Waals surface area (Å²) in [5.74, 6) is 0.145. The predicted octanol–water partition coefficient (Wildman–Crippen LogP) is 7.28. The zero-order valence-electron chi connectivity index (χ0n) is 24.0. The van der Waals surface area contributed by atoms with Gasteiger partial charge in [0.05, 0.1) is 12.2 Å². The summed E-state index contributed by atoms with van der Waals surface area (Å²) in [6, 6.07) is 24.2. The highest BCUT2D eigenvalue weighted by Crippen LogP contribution is 2.45. The Bertz CT molecular complexity index is 1530. The molecule has 0 unspecified atom stereocenters. The molecule has 3 aromatic carbocycles. The van der Waals surface area contributed by atoms with E-state index in [0.29, 0.717) is 6.42 Å². The van der Waals surface area contributed by atoms with Crippen molar-refractivity contribution in [1.29, 1.82) is 0 Å². The number of anilines is 2. The quantitative estimate of drug-likeness (QED) is 0.176. The lowest BCUT2D eigenvalue weighted by Gasteiger charge is -2.44. The second-order valence-electron chi connectivity index (χ2n) is 10.7. The van der Waals surface area contributed by atoms with Gasteiger partial charge < -0.3 is 10.2 Å². The van der Waals surface area contributed by atoms with Gasteiger partial charge in [-0.1, -0.05) is 73.7 Å². The van der Waals surface area contributed by atoms with Crippen LogP contribution in [0.15, 0.2) is 91.6 Å². The Kier molecular flexibility index (Phi) is 8.43. The number of carbonyl (C=O) groups excluding carboxylic acids is 2. The number of aromatic nitrogens is 3. The number of amides is 2. The number of fused-ring (bicyclic) bond motifs is 1. The van der Waals surface area contributed by atoms with Crippen LogP contribution in [0.3, 0.4) is 0 Å². The van der Waals surface area contributed by atoms with Gasteiger partial charge in [0.1, 0.15) is 5.69 Å². The van der Waals surface area contributed by atoms with Crippen LogP contribution in [0.1, 0.15) is 58.1 Å². The van der Waals surface area contributed by atoms with Crippen LogP contribution < -0.4 is 10.2 Å².